The predicted octanol–water partition coefficient (Wildman–Crippen LogP) is 15.9. The molecule has 0 aromatic rings. The normalized spacial score (nSPS) is 13.7. The third kappa shape index (κ3) is 45.3. The minimum absolute atomic E-state index is 0.00396. The van der Waals surface area contributed by atoms with Crippen LogP contribution in [0.3, 0.4) is 0 Å². The highest BCUT2D eigenvalue weighted by molar-refractivity contribution is 7.47. The second-order valence-electron chi connectivity index (χ2n) is 16.1. The summed E-state index contributed by atoms with van der Waals surface area (Å²) in [6.45, 7) is 5.36. The molecule has 9 heteroatoms. The Bertz CT molecular complexity index is 1160. The average Bonchev–Trinajstić information content (AvgIpc) is 3.23. The zero-order valence-electron chi connectivity index (χ0n) is 38.9. The molecule has 0 rings (SSSR count). The van der Waals surface area contributed by atoms with Crippen molar-refractivity contribution in [1.29, 1.82) is 0 Å². The van der Waals surface area contributed by atoms with Crippen molar-refractivity contribution in [2.75, 3.05) is 19.8 Å². The Kier molecular flexibility index (Phi) is 44.5. The Labute approximate surface area is 369 Å². The molecule has 0 spiro atoms. The van der Waals surface area contributed by atoms with Gasteiger partial charge in [0.25, 0.3) is 0 Å². The first-order valence-corrected chi connectivity index (χ1v) is 26.1. The van der Waals surface area contributed by atoms with Crippen molar-refractivity contribution in [3.8, 4) is 0 Å². The monoisotopic (exact) mass is 863 g/mol. The molecule has 0 aliphatic carbocycles. The van der Waals surface area contributed by atoms with Crippen LogP contribution in [0.4, 0.5) is 0 Å². The van der Waals surface area contributed by atoms with Crippen LogP contribution in [0.5, 0.6) is 0 Å². The van der Waals surface area contributed by atoms with Crippen molar-refractivity contribution in [3.05, 3.63) is 60.8 Å². The van der Waals surface area contributed by atoms with Gasteiger partial charge >= 0.3 is 19.8 Å². The molecule has 348 valence electrons. The summed E-state index contributed by atoms with van der Waals surface area (Å²) < 4.78 is 32.8. The van der Waals surface area contributed by atoms with E-state index in [0.717, 1.165) is 70.6 Å². The number of hydrogen-bond donors (Lipinski definition) is 1. The van der Waals surface area contributed by atoms with E-state index in [0.29, 0.717) is 6.42 Å². The number of carbonyl (C=O) groups is 2. The number of rotatable bonds is 45. The van der Waals surface area contributed by atoms with Crippen LogP contribution in [-0.4, -0.2) is 42.8 Å². The van der Waals surface area contributed by atoms with Crippen molar-refractivity contribution in [3.63, 3.8) is 0 Å². The quantitative estimate of drug-likeness (QED) is 0.0279. The van der Waals surface area contributed by atoms with Crippen LogP contribution in [0.15, 0.2) is 60.8 Å². The fourth-order valence-corrected chi connectivity index (χ4v) is 7.49. The lowest BCUT2D eigenvalue weighted by molar-refractivity contribution is -0.161. The Morgan fingerprint density at radius 1 is 0.467 bits per heavy atom. The SMILES string of the molecule is CC/C=C\C/C=C\C/C=C\CCCCCCCCCC(=O)OC(COC(=O)CCCCCCCCCCCCC/C=C\C/C=C\CCCCCCC)COP(=O)(O)OCC. The third-order valence-electron chi connectivity index (χ3n) is 10.3. The second-order valence-corrected chi connectivity index (χ2v) is 17.5. The number of unbranched alkanes of at least 4 members (excludes halogenated alkanes) is 23. The summed E-state index contributed by atoms with van der Waals surface area (Å²) in [5.74, 6) is -0.809. The zero-order valence-corrected chi connectivity index (χ0v) is 39.7. The van der Waals surface area contributed by atoms with Gasteiger partial charge in [0.1, 0.15) is 6.61 Å². The van der Waals surface area contributed by atoms with Gasteiger partial charge in [0.2, 0.25) is 0 Å². The summed E-state index contributed by atoms with van der Waals surface area (Å²) in [4.78, 5) is 34.9. The molecule has 0 aromatic heterocycles. The Balaban J connectivity index is 4.00. The van der Waals surface area contributed by atoms with Crippen LogP contribution in [0.1, 0.15) is 226 Å². The Hall–Kier alpha value is -2.25. The van der Waals surface area contributed by atoms with E-state index in [-0.39, 0.29) is 32.0 Å². The lowest BCUT2D eigenvalue weighted by Crippen LogP contribution is -2.29. The molecule has 0 radical (unpaired) electrons. The van der Waals surface area contributed by atoms with Crippen LogP contribution in [0.2, 0.25) is 0 Å². The average molecular weight is 863 g/mol. The minimum Gasteiger partial charge on any atom is -0.462 e. The third-order valence-corrected chi connectivity index (χ3v) is 11.4. The standard InChI is InChI=1S/C51H91O8P/c1-4-7-9-11-13-15-17-19-21-23-24-25-26-27-28-30-31-33-35-37-39-41-43-45-50(52)56-47-49(48-58-60(54,55)57-6-3)59-51(53)46-44-42-40-38-36-34-32-29-22-20-18-16-14-12-10-8-5-2/h8,10,14,16-17,19-20,22-24,49H,4-7,9,11-13,15,18,21,25-48H2,1-3H3,(H,54,55)/b10-8-,16-14-,19-17-,22-20-,24-23-. The first-order chi connectivity index (χ1) is 29.3. The minimum atomic E-state index is -4.29. The van der Waals surface area contributed by atoms with E-state index in [1.54, 1.807) is 6.92 Å². The first-order valence-electron chi connectivity index (χ1n) is 24.6. The molecule has 0 heterocycles. The molecule has 2 atom stereocenters. The van der Waals surface area contributed by atoms with Gasteiger partial charge in [-0.2, -0.15) is 0 Å². The van der Waals surface area contributed by atoms with E-state index in [2.05, 4.69) is 74.6 Å². The highest BCUT2D eigenvalue weighted by Crippen LogP contribution is 2.43. The molecule has 0 amide bonds. The predicted molar refractivity (Wildman–Crippen MR) is 253 cm³/mol. The molecular weight excluding hydrogens is 772 g/mol. The summed E-state index contributed by atoms with van der Waals surface area (Å²) >= 11 is 0. The highest BCUT2D eigenvalue weighted by atomic mass is 31.2. The molecule has 0 aromatic carbocycles. The van der Waals surface area contributed by atoms with Gasteiger partial charge in [-0.1, -0.05) is 190 Å². The molecule has 0 saturated carbocycles. The van der Waals surface area contributed by atoms with Crippen LogP contribution < -0.4 is 0 Å². The maximum atomic E-state index is 12.6. The Morgan fingerprint density at radius 3 is 1.28 bits per heavy atom. The summed E-state index contributed by atoms with van der Waals surface area (Å²) in [6.07, 6.45) is 57.1. The van der Waals surface area contributed by atoms with E-state index in [4.69, 9.17) is 18.5 Å². The van der Waals surface area contributed by atoms with Gasteiger partial charge in [-0.25, -0.2) is 4.57 Å². The van der Waals surface area contributed by atoms with Crippen LogP contribution >= 0.6 is 7.82 Å². The molecule has 8 nitrogen and oxygen atoms in total. The number of carbonyl (C=O) groups excluding carboxylic acids is 2. The van der Waals surface area contributed by atoms with Gasteiger partial charge in [0, 0.05) is 12.8 Å². The summed E-state index contributed by atoms with van der Waals surface area (Å²) in [6, 6.07) is 0. The molecule has 0 aliphatic heterocycles. The van der Waals surface area contributed by atoms with E-state index < -0.39 is 26.5 Å². The molecule has 0 bridgehead atoms. The van der Waals surface area contributed by atoms with Crippen molar-refractivity contribution in [2.45, 2.75) is 232 Å². The number of esters is 2. The van der Waals surface area contributed by atoms with Crippen molar-refractivity contribution in [2.24, 2.45) is 0 Å². The largest absolute Gasteiger partial charge is 0.472 e. The maximum absolute atomic E-state index is 12.6. The van der Waals surface area contributed by atoms with Crippen molar-refractivity contribution >= 4 is 19.8 Å². The fraction of sp³-hybridized carbons (Fsp3) is 0.765. The molecule has 60 heavy (non-hydrogen) atoms. The maximum Gasteiger partial charge on any atom is 0.472 e. The summed E-state index contributed by atoms with van der Waals surface area (Å²) in [5.41, 5.74) is 0. The van der Waals surface area contributed by atoms with Gasteiger partial charge < -0.3 is 14.4 Å². The molecule has 0 aliphatic rings. The molecule has 0 fully saturated rings. The molecule has 2 unspecified atom stereocenters. The lowest BCUT2D eigenvalue weighted by atomic mass is 10.0. The van der Waals surface area contributed by atoms with Crippen LogP contribution in [0, 0.1) is 0 Å². The number of allylic oxidation sites excluding steroid dienone is 10. The van der Waals surface area contributed by atoms with Gasteiger partial charge in [-0.3, -0.25) is 18.6 Å². The molecule has 0 saturated heterocycles. The van der Waals surface area contributed by atoms with Gasteiger partial charge in [0.05, 0.1) is 13.2 Å². The lowest BCUT2D eigenvalue weighted by Gasteiger charge is -2.19. The fourth-order valence-electron chi connectivity index (χ4n) is 6.73. The van der Waals surface area contributed by atoms with Crippen molar-refractivity contribution < 1.29 is 37.6 Å². The molecule has 1 N–H and O–H groups in total. The van der Waals surface area contributed by atoms with Gasteiger partial charge in [-0.05, 0) is 84.0 Å². The van der Waals surface area contributed by atoms with Gasteiger partial charge in [0.15, 0.2) is 6.10 Å². The summed E-state index contributed by atoms with van der Waals surface area (Å²) in [5, 5.41) is 0. The second kappa shape index (κ2) is 46.3. The van der Waals surface area contributed by atoms with E-state index in [1.807, 2.05) is 0 Å². The number of hydrogen-bond acceptors (Lipinski definition) is 7. The van der Waals surface area contributed by atoms with E-state index in [9.17, 15) is 19.0 Å². The molecular formula is C51H91O8P. The Morgan fingerprint density at radius 2 is 0.850 bits per heavy atom. The van der Waals surface area contributed by atoms with Crippen LogP contribution in [0.25, 0.3) is 0 Å². The number of phosphoric ester groups is 1. The topological polar surface area (TPSA) is 108 Å². The number of phosphoric acid groups is 1. The number of ether oxygens (including phenoxy) is 2. The summed E-state index contributed by atoms with van der Waals surface area (Å²) in [7, 11) is -4.29. The van der Waals surface area contributed by atoms with Gasteiger partial charge in [-0.15, -0.1) is 0 Å². The first kappa shape index (κ1) is 57.8. The zero-order chi connectivity index (χ0) is 43.9. The van der Waals surface area contributed by atoms with Crippen LogP contribution in [-0.2, 0) is 32.7 Å². The van der Waals surface area contributed by atoms with Crippen molar-refractivity contribution in [1.82, 2.24) is 0 Å². The van der Waals surface area contributed by atoms with E-state index >= 15 is 0 Å². The van der Waals surface area contributed by atoms with E-state index in [1.165, 1.54) is 116 Å². The highest BCUT2D eigenvalue weighted by Gasteiger charge is 2.25. The smallest absolute Gasteiger partial charge is 0.462 e.